The maximum Gasteiger partial charge on any atom is 0.123 e. The maximum absolute atomic E-state index is 5.90. The molecule has 2 aromatic rings. The fourth-order valence-electron chi connectivity index (χ4n) is 3.11. The van der Waals surface area contributed by atoms with Crippen LogP contribution in [0.3, 0.4) is 0 Å². The predicted molar refractivity (Wildman–Crippen MR) is 93.9 cm³/mol. The Labute approximate surface area is 137 Å². The fraction of sp³-hybridized carbons (Fsp3) is 0.500. The largest absolute Gasteiger partial charge is 0.330 e. The van der Waals surface area contributed by atoms with Crippen LogP contribution in [0.2, 0.25) is 0 Å². The summed E-state index contributed by atoms with van der Waals surface area (Å²) in [6, 6.07) is 8.61. The molecule has 1 aromatic heterocycles. The Bertz CT molecular complexity index is 605. The highest BCUT2D eigenvalue weighted by Crippen LogP contribution is 2.27. The van der Waals surface area contributed by atoms with E-state index >= 15 is 0 Å². The Balaban J connectivity index is 1.65. The minimum absolute atomic E-state index is 0.629. The number of thiazole rings is 1. The average Bonchev–Trinajstić information content (AvgIpc) is 2.98. The molecule has 0 spiro atoms. The highest BCUT2D eigenvalue weighted by Gasteiger charge is 2.25. The molecule has 3 nitrogen and oxygen atoms in total. The molecule has 0 radical (unpaired) electrons. The highest BCUT2D eigenvalue weighted by molar-refractivity contribution is 7.13. The van der Waals surface area contributed by atoms with Crippen LogP contribution >= 0.6 is 11.3 Å². The van der Waals surface area contributed by atoms with Gasteiger partial charge in [0.05, 0.1) is 5.69 Å². The van der Waals surface area contributed by atoms with Crippen molar-refractivity contribution in [3.8, 4) is 10.6 Å². The molecule has 118 valence electrons. The number of nitrogens with two attached hydrogens (primary N) is 1. The summed E-state index contributed by atoms with van der Waals surface area (Å²) in [5, 5.41) is 3.32. The molecule has 2 atom stereocenters. The Morgan fingerprint density at radius 1 is 1.32 bits per heavy atom. The zero-order valence-electron chi connectivity index (χ0n) is 13.5. The van der Waals surface area contributed by atoms with Crippen molar-refractivity contribution in [2.75, 3.05) is 19.6 Å². The van der Waals surface area contributed by atoms with E-state index < -0.39 is 0 Å². The summed E-state index contributed by atoms with van der Waals surface area (Å²) in [6.45, 7) is 8.45. The average molecular weight is 315 g/mol. The first-order chi connectivity index (χ1) is 10.7. The third-order valence-corrected chi connectivity index (χ3v) is 5.68. The molecule has 3 rings (SSSR count). The van der Waals surface area contributed by atoms with Crippen molar-refractivity contribution in [3.05, 3.63) is 40.9 Å². The number of aryl methyl sites for hydroxylation is 1. The summed E-state index contributed by atoms with van der Waals surface area (Å²) in [7, 11) is 0. The molecule has 0 bridgehead atoms. The number of aromatic nitrogens is 1. The molecule has 1 aliphatic heterocycles. The molecule has 4 heteroatoms. The van der Waals surface area contributed by atoms with Crippen LogP contribution in [0.1, 0.15) is 24.6 Å². The summed E-state index contributed by atoms with van der Waals surface area (Å²) >= 11 is 1.74. The van der Waals surface area contributed by atoms with Gasteiger partial charge in [0, 0.05) is 24.0 Å². The van der Waals surface area contributed by atoms with Crippen molar-refractivity contribution in [2.45, 2.75) is 26.8 Å². The van der Waals surface area contributed by atoms with E-state index in [1.165, 1.54) is 23.2 Å². The fourth-order valence-corrected chi connectivity index (χ4v) is 3.93. The van der Waals surface area contributed by atoms with Crippen LogP contribution in [0.15, 0.2) is 29.6 Å². The Morgan fingerprint density at radius 3 is 2.82 bits per heavy atom. The molecule has 22 heavy (non-hydrogen) atoms. The van der Waals surface area contributed by atoms with Gasteiger partial charge in [-0.15, -0.1) is 11.3 Å². The first-order valence-corrected chi connectivity index (χ1v) is 8.97. The van der Waals surface area contributed by atoms with Crippen LogP contribution in [0.25, 0.3) is 10.6 Å². The van der Waals surface area contributed by atoms with Gasteiger partial charge in [0.1, 0.15) is 5.01 Å². The van der Waals surface area contributed by atoms with Gasteiger partial charge in [-0.25, -0.2) is 4.98 Å². The molecule has 0 saturated carbocycles. The molecule has 2 heterocycles. The molecule has 2 unspecified atom stereocenters. The lowest BCUT2D eigenvalue weighted by molar-refractivity contribution is 0.125. The number of likely N-dealkylation sites (tertiary alicyclic amines) is 1. The van der Waals surface area contributed by atoms with E-state index in [1.807, 2.05) is 0 Å². The lowest BCUT2D eigenvalue weighted by atomic mass is 9.87. The van der Waals surface area contributed by atoms with E-state index in [2.05, 4.69) is 48.4 Å². The van der Waals surface area contributed by atoms with Crippen molar-refractivity contribution in [1.82, 2.24) is 9.88 Å². The molecule has 2 N–H and O–H groups in total. The molecule has 1 saturated heterocycles. The molecular weight excluding hydrogens is 290 g/mol. The third-order valence-electron chi connectivity index (χ3n) is 4.74. The van der Waals surface area contributed by atoms with Gasteiger partial charge in [-0.05, 0) is 38.3 Å². The highest BCUT2D eigenvalue weighted by atomic mass is 32.1. The van der Waals surface area contributed by atoms with Crippen LogP contribution in [0.4, 0.5) is 0 Å². The molecule has 1 fully saturated rings. The minimum atomic E-state index is 0.629. The van der Waals surface area contributed by atoms with E-state index in [0.29, 0.717) is 5.92 Å². The Hall–Kier alpha value is -1.23. The second-order valence-electron chi connectivity index (χ2n) is 6.51. The number of piperidine rings is 1. The molecule has 0 aliphatic carbocycles. The van der Waals surface area contributed by atoms with Crippen LogP contribution in [-0.4, -0.2) is 29.5 Å². The number of nitrogens with zero attached hydrogens (tertiary/aromatic N) is 2. The monoisotopic (exact) mass is 315 g/mol. The smallest absolute Gasteiger partial charge is 0.123 e. The third kappa shape index (κ3) is 3.57. The quantitative estimate of drug-likeness (QED) is 0.938. The van der Waals surface area contributed by atoms with Crippen molar-refractivity contribution in [1.29, 1.82) is 0 Å². The summed E-state index contributed by atoms with van der Waals surface area (Å²) in [5.41, 5.74) is 9.59. The number of benzene rings is 1. The summed E-state index contributed by atoms with van der Waals surface area (Å²) < 4.78 is 0. The van der Waals surface area contributed by atoms with Crippen molar-refractivity contribution in [3.63, 3.8) is 0 Å². The van der Waals surface area contributed by atoms with Crippen LogP contribution < -0.4 is 5.73 Å². The van der Waals surface area contributed by atoms with Crippen LogP contribution in [0.5, 0.6) is 0 Å². The zero-order chi connectivity index (χ0) is 15.5. The van der Waals surface area contributed by atoms with Crippen LogP contribution in [0, 0.1) is 18.8 Å². The summed E-state index contributed by atoms with van der Waals surface area (Å²) in [6.07, 6.45) is 1.25. The van der Waals surface area contributed by atoms with Gasteiger partial charge in [-0.1, -0.05) is 36.8 Å². The maximum atomic E-state index is 5.90. The summed E-state index contributed by atoms with van der Waals surface area (Å²) in [4.78, 5) is 7.33. The summed E-state index contributed by atoms with van der Waals surface area (Å²) in [5.74, 6) is 1.38. The first kappa shape index (κ1) is 15.7. The van der Waals surface area contributed by atoms with Gasteiger partial charge < -0.3 is 5.73 Å². The van der Waals surface area contributed by atoms with Gasteiger partial charge in [-0.2, -0.15) is 0 Å². The van der Waals surface area contributed by atoms with E-state index in [1.54, 1.807) is 11.3 Å². The standard InChI is InChI=1S/C18H25N3S/c1-13-3-5-15(6-4-13)18-20-17(12-22-18)11-21-8-7-14(2)16(9-19)10-21/h3-6,12,14,16H,7-11,19H2,1-2H3. The van der Waals surface area contributed by atoms with E-state index in [9.17, 15) is 0 Å². The van der Waals surface area contributed by atoms with Gasteiger partial charge in [-0.3, -0.25) is 4.90 Å². The Kier molecular flexibility index (Phi) is 4.91. The molecule has 1 aliphatic rings. The first-order valence-electron chi connectivity index (χ1n) is 8.09. The lowest BCUT2D eigenvalue weighted by Crippen LogP contribution is -2.42. The topological polar surface area (TPSA) is 42.2 Å². The van der Waals surface area contributed by atoms with E-state index in [-0.39, 0.29) is 0 Å². The van der Waals surface area contributed by atoms with Crippen molar-refractivity contribution >= 4 is 11.3 Å². The molecule has 1 aromatic carbocycles. The van der Waals surface area contributed by atoms with Gasteiger partial charge in [0.15, 0.2) is 0 Å². The second kappa shape index (κ2) is 6.90. The van der Waals surface area contributed by atoms with Gasteiger partial charge in [0.25, 0.3) is 0 Å². The number of hydrogen-bond donors (Lipinski definition) is 1. The van der Waals surface area contributed by atoms with Gasteiger partial charge >= 0.3 is 0 Å². The minimum Gasteiger partial charge on any atom is -0.330 e. The SMILES string of the molecule is Cc1ccc(-c2nc(CN3CCC(C)C(CN)C3)cs2)cc1. The van der Waals surface area contributed by atoms with E-state index in [4.69, 9.17) is 10.7 Å². The zero-order valence-corrected chi connectivity index (χ0v) is 14.3. The predicted octanol–water partition coefficient (Wildman–Crippen LogP) is 3.54. The van der Waals surface area contributed by atoms with Crippen LogP contribution in [-0.2, 0) is 6.54 Å². The lowest BCUT2D eigenvalue weighted by Gasteiger charge is -2.36. The van der Waals surface area contributed by atoms with Crippen molar-refractivity contribution in [2.24, 2.45) is 17.6 Å². The van der Waals surface area contributed by atoms with Crippen molar-refractivity contribution < 1.29 is 0 Å². The van der Waals surface area contributed by atoms with Gasteiger partial charge in [0.2, 0.25) is 0 Å². The second-order valence-corrected chi connectivity index (χ2v) is 7.36. The Morgan fingerprint density at radius 2 is 2.09 bits per heavy atom. The normalized spacial score (nSPS) is 22.9. The van der Waals surface area contributed by atoms with E-state index in [0.717, 1.165) is 37.1 Å². The number of hydrogen-bond acceptors (Lipinski definition) is 4. The molecular formula is C18H25N3S. The number of rotatable bonds is 4. The molecule has 0 amide bonds.